The Kier molecular flexibility index (Phi) is 5.44. The van der Waals surface area contributed by atoms with Crippen LogP contribution < -0.4 is 5.32 Å². The highest BCUT2D eigenvalue weighted by atomic mass is 32.1. The van der Waals surface area contributed by atoms with Gasteiger partial charge in [0.15, 0.2) is 5.69 Å². The molecule has 4 heterocycles. The summed E-state index contributed by atoms with van der Waals surface area (Å²) < 4.78 is 45.5. The summed E-state index contributed by atoms with van der Waals surface area (Å²) in [5.74, 6) is -0.521. The quantitative estimate of drug-likeness (QED) is 0.374. The summed E-state index contributed by atoms with van der Waals surface area (Å²) in [5.41, 5.74) is 0.843. The average Bonchev–Trinajstić information content (AvgIpc) is 3.58. The Hall–Kier alpha value is -3.93. The van der Waals surface area contributed by atoms with Crippen LogP contribution in [-0.2, 0) is 19.3 Å². The lowest BCUT2D eigenvalue weighted by Gasteiger charge is -2.04. The van der Waals surface area contributed by atoms with Gasteiger partial charge in [0.05, 0.1) is 35.2 Å². The van der Waals surface area contributed by atoms with Gasteiger partial charge in [-0.2, -0.15) is 28.5 Å². The highest BCUT2D eigenvalue weighted by Gasteiger charge is 2.38. The average molecular weight is 485 g/mol. The Morgan fingerprint density at radius 2 is 1.85 bits per heavy atom. The second-order valence-corrected chi connectivity index (χ2v) is 8.54. The Balaban J connectivity index is 1.41. The van der Waals surface area contributed by atoms with Crippen molar-refractivity contribution in [1.29, 1.82) is 0 Å². The summed E-state index contributed by atoms with van der Waals surface area (Å²) >= 11 is 0.948. The van der Waals surface area contributed by atoms with Gasteiger partial charge in [-0.1, -0.05) is 18.2 Å². The van der Waals surface area contributed by atoms with Crippen LogP contribution in [0.3, 0.4) is 0 Å². The van der Waals surface area contributed by atoms with Crippen molar-refractivity contribution < 1.29 is 18.0 Å². The maximum absolute atomic E-state index is 13.6. The molecule has 34 heavy (non-hydrogen) atoms. The number of amides is 1. The van der Waals surface area contributed by atoms with Gasteiger partial charge in [-0.15, -0.1) is 11.3 Å². The molecule has 0 aliphatic carbocycles. The molecule has 1 N–H and O–H groups in total. The van der Waals surface area contributed by atoms with E-state index in [1.54, 1.807) is 52.1 Å². The van der Waals surface area contributed by atoms with Crippen LogP contribution in [-0.4, -0.2) is 35.2 Å². The van der Waals surface area contributed by atoms with Crippen LogP contribution in [0.2, 0.25) is 0 Å². The lowest BCUT2D eigenvalue weighted by Crippen LogP contribution is -2.10. The molecule has 174 valence electrons. The van der Waals surface area contributed by atoms with E-state index < -0.39 is 17.8 Å². The molecule has 5 rings (SSSR count). The maximum atomic E-state index is 13.6. The van der Waals surface area contributed by atoms with Crippen LogP contribution in [0.1, 0.15) is 27.9 Å². The first-order chi connectivity index (χ1) is 16.3. The SMILES string of the molecule is CCn1cc(Cn2cc(NC(=O)c3cc4c(C(F)(F)F)nn(-c5ccccc5)c4s3)cn2)cn1. The van der Waals surface area contributed by atoms with Crippen molar-refractivity contribution in [3.05, 3.63) is 77.3 Å². The molecule has 0 unspecified atom stereocenters. The number of anilines is 1. The molecule has 0 bridgehead atoms. The molecule has 5 aromatic rings. The van der Waals surface area contributed by atoms with Gasteiger partial charge in [-0.25, -0.2) is 4.68 Å². The number of hydrogen-bond acceptors (Lipinski definition) is 5. The van der Waals surface area contributed by atoms with Crippen molar-refractivity contribution >= 4 is 33.1 Å². The summed E-state index contributed by atoms with van der Waals surface area (Å²) in [4.78, 5) is 13.2. The van der Waals surface area contributed by atoms with Crippen molar-refractivity contribution in [3.8, 4) is 5.69 Å². The molecular weight excluding hydrogens is 467 g/mol. The van der Waals surface area contributed by atoms with Crippen molar-refractivity contribution in [2.45, 2.75) is 26.2 Å². The minimum Gasteiger partial charge on any atom is -0.319 e. The molecule has 1 aromatic carbocycles. The van der Waals surface area contributed by atoms with Gasteiger partial charge < -0.3 is 5.32 Å². The van der Waals surface area contributed by atoms with Crippen molar-refractivity contribution in [2.24, 2.45) is 0 Å². The third kappa shape index (κ3) is 4.19. The van der Waals surface area contributed by atoms with Gasteiger partial charge in [0.2, 0.25) is 0 Å². The van der Waals surface area contributed by atoms with Crippen LogP contribution in [0.15, 0.2) is 61.2 Å². The number of nitrogens with one attached hydrogen (secondary N) is 1. The van der Waals surface area contributed by atoms with E-state index in [1.165, 1.54) is 16.9 Å². The molecular formula is C22H18F3N7OS. The largest absolute Gasteiger partial charge is 0.435 e. The summed E-state index contributed by atoms with van der Waals surface area (Å²) in [5, 5.41) is 14.8. The van der Waals surface area contributed by atoms with Gasteiger partial charge in [-0.05, 0) is 25.1 Å². The first-order valence-electron chi connectivity index (χ1n) is 10.3. The van der Waals surface area contributed by atoms with E-state index in [1.807, 2.05) is 13.1 Å². The standard InChI is InChI=1S/C22H18F3N7OS/c1-2-30-11-14(9-26-30)12-31-13-15(10-27-31)28-20(33)18-8-17-19(22(23,24)25)29-32(21(17)34-18)16-6-4-3-5-7-16/h3-11,13H,2,12H2,1H3,(H,28,33). The van der Waals surface area contributed by atoms with Crippen LogP contribution in [0, 0.1) is 0 Å². The fourth-order valence-electron chi connectivity index (χ4n) is 3.53. The maximum Gasteiger partial charge on any atom is 0.435 e. The summed E-state index contributed by atoms with van der Waals surface area (Å²) in [6, 6.07) is 9.73. The summed E-state index contributed by atoms with van der Waals surface area (Å²) in [7, 11) is 0. The number of carbonyl (C=O) groups is 1. The minimum atomic E-state index is -4.65. The number of aromatic nitrogens is 6. The Labute approximate surface area is 195 Å². The third-order valence-corrected chi connectivity index (χ3v) is 6.21. The predicted molar refractivity (Wildman–Crippen MR) is 121 cm³/mol. The van der Waals surface area contributed by atoms with E-state index in [-0.39, 0.29) is 15.1 Å². The smallest absolute Gasteiger partial charge is 0.319 e. The number of rotatable bonds is 6. The van der Waals surface area contributed by atoms with Crippen LogP contribution >= 0.6 is 11.3 Å². The zero-order chi connectivity index (χ0) is 23.9. The molecule has 1 amide bonds. The van der Waals surface area contributed by atoms with Gasteiger partial charge in [0.1, 0.15) is 4.83 Å². The van der Waals surface area contributed by atoms with E-state index in [2.05, 4.69) is 20.6 Å². The molecule has 8 nitrogen and oxygen atoms in total. The van der Waals surface area contributed by atoms with Gasteiger partial charge in [0.25, 0.3) is 5.91 Å². The van der Waals surface area contributed by atoms with E-state index >= 15 is 0 Å². The molecule has 0 saturated heterocycles. The number of halogens is 3. The number of thiophene rings is 1. The predicted octanol–water partition coefficient (Wildman–Crippen LogP) is 4.82. The van der Waals surface area contributed by atoms with Gasteiger partial charge >= 0.3 is 6.18 Å². The Morgan fingerprint density at radius 1 is 1.09 bits per heavy atom. The molecule has 4 aromatic heterocycles. The van der Waals surface area contributed by atoms with Crippen molar-refractivity contribution in [2.75, 3.05) is 5.32 Å². The van der Waals surface area contributed by atoms with Crippen LogP contribution in [0.25, 0.3) is 15.9 Å². The van der Waals surface area contributed by atoms with Crippen LogP contribution in [0.5, 0.6) is 0 Å². The van der Waals surface area contributed by atoms with E-state index in [9.17, 15) is 18.0 Å². The van der Waals surface area contributed by atoms with E-state index in [0.717, 1.165) is 23.4 Å². The van der Waals surface area contributed by atoms with E-state index in [4.69, 9.17) is 0 Å². The number of nitrogens with zero attached hydrogens (tertiary/aromatic N) is 6. The molecule has 0 aliphatic rings. The van der Waals surface area contributed by atoms with Crippen molar-refractivity contribution in [1.82, 2.24) is 29.3 Å². The molecule has 0 atom stereocenters. The number of carbonyl (C=O) groups excluding carboxylic acids is 1. The lowest BCUT2D eigenvalue weighted by molar-refractivity contribution is -0.140. The number of para-hydroxylation sites is 1. The normalized spacial score (nSPS) is 11.9. The highest BCUT2D eigenvalue weighted by molar-refractivity contribution is 7.20. The zero-order valence-corrected chi connectivity index (χ0v) is 18.6. The number of benzene rings is 1. The Bertz CT molecular complexity index is 1460. The fourth-order valence-corrected chi connectivity index (χ4v) is 4.56. The number of hydrogen-bond donors (Lipinski definition) is 1. The molecule has 0 saturated carbocycles. The first kappa shape index (κ1) is 21.9. The fraction of sp³-hybridized carbons (Fsp3) is 0.182. The Morgan fingerprint density at radius 3 is 2.56 bits per heavy atom. The third-order valence-electron chi connectivity index (χ3n) is 5.10. The number of aryl methyl sites for hydroxylation is 1. The summed E-state index contributed by atoms with van der Waals surface area (Å²) in [6.45, 7) is 3.22. The molecule has 0 fully saturated rings. The molecule has 12 heteroatoms. The second kappa shape index (κ2) is 8.45. The topological polar surface area (TPSA) is 82.6 Å². The number of alkyl halides is 3. The monoisotopic (exact) mass is 485 g/mol. The molecule has 0 aliphatic heterocycles. The molecule has 0 radical (unpaired) electrons. The van der Waals surface area contributed by atoms with E-state index in [0.29, 0.717) is 17.9 Å². The molecule has 0 spiro atoms. The second-order valence-electron chi connectivity index (χ2n) is 7.51. The summed E-state index contributed by atoms with van der Waals surface area (Å²) in [6.07, 6.45) is 2.14. The van der Waals surface area contributed by atoms with Gasteiger partial charge in [-0.3, -0.25) is 14.2 Å². The van der Waals surface area contributed by atoms with Crippen LogP contribution in [0.4, 0.5) is 18.9 Å². The lowest BCUT2D eigenvalue weighted by atomic mass is 10.2. The highest BCUT2D eigenvalue weighted by Crippen LogP contribution is 2.39. The first-order valence-corrected chi connectivity index (χ1v) is 11.1. The van der Waals surface area contributed by atoms with Gasteiger partial charge in [0, 0.05) is 29.9 Å². The number of fused-ring (bicyclic) bond motifs is 1. The zero-order valence-electron chi connectivity index (χ0n) is 17.8. The minimum absolute atomic E-state index is 0.116. The van der Waals surface area contributed by atoms with Crippen molar-refractivity contribution in [3.63, 3.8) is 0 Å².